The molecule has 0 fully saturated rings. The zero-order valence-corrected chi connectivity index (χ0v) is 14.6. The van der Waals surface area contributed by atoms with Crippen LogP contribution < -0.4 is 20.5 Å². The molecular weight excluding hydrogens is 328 g/mol. The van der Waals surface area contributed by atoms with Crippen LogP contribution in [0.4, 0.5) is 5.69 Å². The highest BCUT2D eigenvalue weighted by atomic mass is 35.5. The summed E-state index contributed by atoms with van der Waals surface area (Å²) >= 11 is 0. The Bertz CT molecular complexity index is 645. The molecule has 0 spiro atoms. The Labute approximate surface area is 148 Å². The van der Waals surface area contributed by atoms with Gasteiger partial charge in [0.15, 0.2) is 0 Å². The third kappa shape index (κ3) is 6.48. The van der Waals surface area contributed by atoms with Crippen molar-refractivity contribution in [1.29, 1.82) is 0 Å². The monoisotopic (exact) mass is 350 g/mol. The average Bonchev–Trinajstić information content (AvgIpc) is 2.55. The quantitative estimate of drug-likeness (QED) is 0.792. The first-order valence-corrected chi connectivity index (χ1v) is 7.54. The lowest BCUT2D eigenvalue weighted by atomic mass is 10.2. The molecule has 2 rings (SSSR count). The van der Waals surface area contributed by atoms with E-state index in [1.807, 2.05) is 31.2 Å². The van der Waals surface area contributed by atoms with Crippen LogP contribution in [0.1, 0.15) is 19.8 Å². The molecule has 3 N–H and O–H groups in total. The molecular formula is C18H23ClN2O3. The summed E-state index contributed by atoms with van der Waals surface area (Å²) < 4.78 is 10.9. The maximum absolute atomic E-state index is 11.8. The molecule has 0 heterocycles. The van der Waals surface area contributed by atoms with Crippen molar-refractivity contribution in [3.8, 4) is 17.2 Å². The van der Waals surface area contributed by atoms with E-state index in [1.165, 1.54) is 0 Å². The Balaban J connectivity index is 0.00000288. The van der Waals surface area contributed by atoms with Crippen molar-refractivity contribution in [1.82, 2.24) is 0 Å². The minimum Gasteiger partial charge on any atom is -0.497 e. The number of hydrogen-bond acceptors (Lipinski definition) is 4. The number of rotatable bonds is 7. The summed E-state index contributed by atoms with van der Waals surface area (Å²) in [5, 5.41) is 2.84. The molecule has 6 heteroatoms. The predicted octanol–water partition coefficient (Wildman–Crippen LogP) is 3.98. The number of anilines is 1. The van der Waals surface area contributed by atoms with Crippen molar-refractivity contribution in [3.63, 3.8) is 0 Å². The number of hydrogen-bond donors (Lipinski definition) is 2. The van der Waals surface area contributed by atoms with E-state index in [0.717, 1.165) is 11.4 Å². The fourth-order valence-corrected chi connectivity index (χ4v) is 1.99. The minimum atomic E-state index is -0.0382. The van der Waals surface area contributed by atoms with Gasteiger partial charge in [-0.3, -0.25) is 4.79 Å². The van der Waals surface area contributed by atoms with E-state index in [0.29, 0.717) is 24.3 Å². The van der Waals surface area contributed by atoms with E-state index in [-0.39, 0.29) is 24.4 Å². The van der Waals surface area contributed by atoms with E-state index >= 15 is 0 Å². The van der Waals surface area contributed by atoms with Gasteiger partial charge < -0.3 is 20.5 Å². The van der Waals surface area contributed by atoms with Crippen LogP contribution in [0.15, 0.2) is 48.5 Å². The minimum absolute atomic E-state index is 0. The fraction of sp³-hybridized carbons (Fsp3) is 0.278. The second-order valence-corrected chi connectivity index (χ2v) is 5.37. The van der Waals surface area contributed by atoms with Gasteiger partial charge in [-0.2, -0.15) is 0 Å². The second-order valence-electron chi connectivity index (χ2n) is 5.37. The first-order valence-electron chi connectivity index (χ1n) is 7.54. The molecule has 0 aliphatic heterocycles. The van der Waals surface area contributed by atoms with Gasteiger partial charge >= 0.3 is 0 Å². The van der Waals surface area contributed by atoms with Crippen molar-refractivity contribution in [2.24, 2.45) is 5.73 Å². The predicted molar refractivity (Wildman–Crippen MR) is 98.3 cm³/mol. The fourth-order valence-electron chi connectivity index (χ4n) is 1.99. The van der Waals surface area contributed by atoms with E-state index in [2.05, 4.69) is 5.32 Å². The van der Waals surface area contributed by atoms with E-state index in [9.17, 15) is 4.79 Å². The summed E-state index contributed by atoms with van der Waals surface area (Å²) in [5.74, 6) is 2.08. The van der Waals surface area contributed by atoms with Crippen LogP contribution in [0.25, 0.3) is 0 Å². The molecule has 0 aromatic heterocycles. The summed E-state index contributed by atoms with van der Waals surface area (Å²) in [6.07, 6.45) is 1.09. The number of carbonyl (C=O) groups excluding carboxylic acids is 1. The third-order valence-corrected chi connectivity index (χ3v) is 3.24. The number of halogens is 1. The molecule has 0 saturated carbocycles. The summed E-state index contributed by atoms with van der Waals surface area (Å²) in [7, 11) is 1.61. The maximum Gasteiger partial charge on any atom is 0.224 e. The smallest absolute Gasteiger partial charge is 0.224 e. The van der Waals surface area contributed by atoms with Gasteiger partial charge in [0.25, 0.3) is 0 Å². The Hall–Kier alpha value is -2.24. The van der Waals surface area contributed by atoms with Crippen LogP contribution >= 0.6 is 12.4 Å². The molecule has 5 nitrogen and oxygen atoms in total. The Morgan fingerprint density at radius 2 is 1.79 bits per heavy atom. The molecule has 130 valence electrons. The molecule has 24 heavy (non-hydrogen) atoms. The first-order chi connectivity index (χ1) is 11.1. The van der Waals surface area contributed by atoms with Crippen molar-refractivity contribution < 1.29 is 14.3 Å². The number of benzene rings is 2. The summed E-state index contributed by atoms with van der Waals surface area (Å²) in [4.78, 5) is 11.8. The topological polar surface area (TPSA) is 73.6 Å². The first kappa shape index (κ1) is 19.8. The Morgan fingerprint density at radius 3 is 2.42 bits per heavy atom. The largest absolute Gasteiger partial charge is 0.497 e. The highest BCUT2D eigenvalue weighted by Gasteiger charge is 2.05. The van der Waals surface area contributed by atoms with E-state index in [4.69, 9.17) is 15.2 Å². The second kappa shape index (κ2) is 9.80. The molecule has 1 unspecified atom stereocenters. The van der Waals surface area contributed by atoms with Gasteiger partial charge in [0.2, 0.25) is 5.91 Å². The average molecular weight is 351 g/mol. The number of amides is 1. The van der Waals surface area contributed by atoms with Gasteiger partial charge in [0, 0.05) is 24.2 Å². The zero-order valence-electron chi connectivity index (χ0n) is 13.8. The lowest BCUT2D eigenvalue weighted by Crippen LogP contribution is -2.19. The molecule has 2 aromatic rings. The SMILES string of the molecule is COc1cccc(Oc2ccc(NC(=O)CCC(C)N)cc2)c1.Cl. The molecule has 0 bridgehead atoms. The van der Waals surface area contributed by atoms with Gasteiger partial charge in [0.1, 0.15) is 17.2 Å². The van der Waals surface area contributed by atoms with Crippen molar-refractivity contribution in [2.75, 3.05) is 12.4 Å². The van der Waals surface area contributed by atoms with Crippen molar-refractivity contribution in [3.05, 3.63) is 48.5 Å². The lowest BCUT2D eigenvalue weighted by Gasteiger charge is -2.09. The van der Waals surface area contributed by atoms with Gasteiger partial charge in [-0.1, -0.05) is 6.07 Å². The molecule has 0 aliphatic rings. The molecule has 1 atom stereocenters. The van der Waals surface area contributed by atoms with Crippen molar-refractivity contribution >= 4 is 24.0 Å². The molecule has 2 aromatic carbocycles. The van der Waals surface area contributed by atoms with Crippen LogP contribution in [0, 0.1) is 0 Å². The van der Waals surface area contributed by atoms with E-state index in [1.54, 1.807) is 31.4 Å². The van der Waals surface area contributed by atoms with E-state index < -0.39 is 0 Å². The number of ether oxygens (including phenoxy) is 2. The number of methoxy groups -OCH3 is 1. The van der Waals surface area contributed by atoms with Gasteiger partial charge in [-0.15, -0.1) is 12.4 Å². The van der Waals surface area contributed by atoms with Crippen LogP contribution in [0.3, 0.4) is 0 Å². The summed E-state index contributed by atoms with van der Waals surface area (Å²) in [6, 6.07) is 14.6. The van der Waals surface area contributed by atoms with Crippen molar-refractivity contribution in [2.45, 2.75) is 25.8 Å². The van der Waals surface area contributed by atoms with Crippen LogP contribution in [0.5, 0.6) is 17.2 Å². The summed E-state index contributed by atoms with van der Waals surface area (Å²) in [6.45, 7) is 1.89. The van der Waals surface area contributed by atoms with Crippen LogP contribution in [0.2, 0.25) is 0 Å². The van der Waals surface area contributed by atoms with Gasteiger partial charge in [0.05, 0.1) is 7.11 Å². The normalized spacial score (nSPS) is 11.1. The number of carbonyl (C=O) groups is 1. The Morgan fingerprint density at radius 1 is 1.12 bits per heavy atom. The Kier molecular flexibility index (Phi) is 8.09. The molecule has 0 aliphatic carbocycles. The number of nitrogens with two attached hydrogens (primary N) is 1. The van der Waals surface area contributed by atoms with Gasteiger partial charge in [-0.25, -0.2) is 0 Å². The lowest BCUT2D eigenvalue weighted by molar-refractivity contribution is -0.116. The highest BCUT2D eigenvalue weighted by Crippen LogP contribution is 2.26. The highest BCUT2D eigenvalue weighted by molar-refractivity contribution is 5.90. The maximum atomic E-state index is 11.8. The molecule has 0 radical (unpaired) electrons. The van der Waals surface area contributed by atoms with Gasteiger partial charge in [-0.05, 0) is 49.7 Å². The zero-order chi connectivity index (χ0) is 16.7. The summed E-state index contributed by atoms with van der Waals surface area (Å²) in [5.41, 5.74) is 6.38. The molecule has 0 saturated heterocycles. The molecule has 1 amide bonds. The number of nitrogens with one attached hydrogen (secondary N) is 1. The van der Waals surface area contributed by atoms with Crippen LogP contribution in [-0.2, 0) is 4.79 Å². The van der Waals surface area contributed by atoms with Crippen LogP contribution in [-0.4, -0.2) is 19.1 Å². The third-order valence-electron chi connectivity index (χ3n) is 3.24. The standard InChI is InChI=1S/C18H22N2O3.ClH/c1-13(19)6-11-18(21)20-14-7-9-15(10-8-14)23-17-5-3-4-16(12-17)22-2;/h3-5,7-10,12-13H,6,11,19H2,1-2H3,(H,20,21);1H.